The predicted octanol–water partition coefficient (Wildman–Crippen LogP) is 4.66. The Morgan fingerprint density at radius 3 is 2.24 bits per heavy atom. The average molecular weight is 282 g/mol. The van der Waals surface area contributed by atoms with Gasteiger partial charge >= 0.3 is 5.97 Å². The van der Waals surface area contributed by atoms with Crippen molar-refractivity contribution in [2.45, 2.75) is 39.0 Å². The molecule has 0 radical (unpaired) electrons. The summed E-state index contributed by atoms with van der Waals surface area (Å²) in [5.41, 5.74) is 3.87. The summed E-state index contributed by atoms with van der Waals surface area (Å²) < 4.78 is 0. The Kier molecular flexibility index (Phi) is 4.46. The molecule has 21 heavy (non-hydrogen) atoms. The highest BCUT2D eigenvalue weighted by Crippen LogP contribution is 2.27. The number of hydrogen-bond donors (Lipinski definition) is 1. The van der Waals surface area contributed by atoms with Gasteiger partial charge in [0.25, 0.3) is 0 Å². The van der Waals surface area contributed by atoms with Crippen molar-refractivity contribution in [2.24, 2.45) is 0 Å². The molecule has 0 heterocycles. The summed E-state index contributed by atoms with van der Waals surface area (Å²) in [5, 5.41) is 9.23. The molecule has 110 valence electrons. The Labute approximate surface area is 126 Å². The normalized spacial score (nSPS) is 11.4. The number of aromatic carboxylic acids is 1. The molecule has 2 rings (SSSR count). The third-order valence-electron chi connectivity index (χ3n) is 4.26. The molecule has 2 heteroatoms. The second kappa shape index (κ2) is 6.13. The van der Waals surface area contributed by atoms with Crippen molar-refractivity contribution < 1.29 is 9.90 Å². The number of hydrogen-bond acceptors (Lipinski definition) is 1. The molecule has 0 aliphatic rings. The lowest BCUT2D eigenvalue weighted by Gasteiger charge is -2.23. The van der Waals surface area contributed by atoms with Crippen LogP contribution in [0.3, 0.4) is 0 Å². The first-order valence-electron chi connectivity index (χ1n) is 7.34. The van der Waals surface area contributed by atoms with Gasteiger partial charge in [-0.05, 0) is 41.0 Å². The van der Waals surface area contributed by atoms with Crippen LogP contribution in [0.5, 0.6) is 0 Å². The van der Waals surface area contributed by atoms with Crippen LogP contribution in [0.15, 0.2) is 48.5 Å². The van der Waals surface area contributed by atoms with Crippen molar-refractivity contribution in [3.05, 3.63) is 70.8 Å². The minimum atomic E-state index is -0.866. The maximum absolute atomic E-state index is 11.2. The van der Waals surface area contributed by atoms with Gasteiger partial charge < -0.3 is 5.11 Å². The Hall–Kier alpha value is -2.09. The highest BCUT2D eigenvalue weighted by Gasteiger charge is 2.17. The maximum Gasteiger partial charge on any atom is 0.335 e. The average Bonchev–Trinajstić information content (AvgIpc) is 2.48. The van der Waals surface area contributed by atoms with Gasteiger partial charge in [0.1, 0.15) is 0 Å². The fourth-order valence-corrected chi connectivity index (χ4v) is 2.38. The molecule has 1 N–H and O–H groups in total. The molecule has 0 aromatic heterocycles. The Balaban J connectivity index is 2.24. The van der Waals surface area contributed by atoms with Crippen LogP contribution in [0.1, 0.15) is 54.2 Å². The van der Waals surface area contributed by atoms with E-state index in [9.17, 15) is 9.90 Å². The molecule has 2 aromatic rings. The van der Waals surface area contributed by atoms with Gasteiger partial charge in [-0.25, -0.2) is 4.79 Å². The van der Waals surface area contributed by atoms with Crippen LogP contribution < -0.4 is 0 Å². The van der Waals surface area contributed by atoms with E-state index in [1.807, 2.05) is 12.1 Å². The Morgan fingerprint density at radius 2 is 1.67 bits per heavy atom. The van der Waals surface area contributed by atoms with E-state index < -0.39 is 5.97 Å². The smallest absolute Gasteiger partial charge is 0.335 e. The van der Waals surface area contributed by atoms with Crippen LogP contribution in [0.25, 0.3) is 0 Å². The first-order chi connectivity index (χ1) is 9.94. The van der Waals surface area contributed by atoms with Gasteiger partial charge in [-0.3, -0.25) is 0 Å². The SMILES string of the molecule is CCC(C)(C)c1ccc(Cc2ccccc2C(=O)O)cc1. The molecule has 0 fully saturated rings. The van der Waals surface area contributed by atoms with E-state index in [2.05, 4.69) is 45.0 Å². The Morgan fingerprint density at radius 1 is 1.05 bits per heavy atom. The molecule has 2 aromatic carbocycles. The molecule has 0 aliphatic carbocycles. The van der Waals surface area contributed by atoms with Gasteiger partial charge in [-0.1, -0.05) is 63.2 Å². The largest absolute Gasteiger partial charge is 0.478 e. The third-order valence-corrected chi connectivity index (χ3v) is 4.26. The molecule has 0 atom stereocenters. The maximum atomic E-state index is 11.2. The molecule has 0 unspecified atom stereocenters. The first-order valence-corrected chi connectivity index (χ1v) is 7.34. The van der Waals surface area contributed by atoms with Crippen molar-refractivity contribution >= 4 is 5.97 Å². The summed E-state index contributed by atoms with van der Waals surface area (Å²) in [6.45, 7) is 6.67. The summed E-state index contributed by atoms with van der Waals surface area (Å²) in [6.07, 6.45) is 1.74. The standard InChI is InChI=1S/C19H22O2/c1-4-19(2,3)16-11-9-14(10-12-16)13-15-7-5-6-8-17(15)18(20)21/h5-12H,4,13H2,1-3H3,(H,20,21). The third kappa shape index (κ3) is 3.52. The lowest BCUT2D eigenvalue weighted by Crippen LogP contribution is -2.15. The molecule has 2 nitrogen and oxygen atoms in total. The summed E-state index contributed by atoms with van der Waals surface area (Å²) in [7, 11) is 0. The van der Waals surface area contributed by atoms with Gasteiger partial charge in [0, 0.05) is 0 Å². The summed E-state index contributed by atoms with van der Waals surface area (Å²) >= 11 is 0. The molecule has 0 saturated carbocycles. The molecule has 0 saturated heterocycles. The second-order valence-corrected chi connectivity index (χ2v) is 6.07. The van der Waals surface area contributed by atoms with Crippen LogP contribution in [-0.4, -0.2) is 11.1 Å². The number of rotatable bonds is 5. The molecular weight excluding hydrogens is 260 g/mol. The van der Waals surface area contributed by atoms with E-state index in [0.29, 0.717) is 12.0 Å². The minimum absolute atomic E-state index is 0.178. The van der Waals surface area contributed by atoms with E-state index in [4.69, 9.17) is 0 Å². The van der Waals surface area contributed by atoms with E-state index in [1.165, 1.54) is 5.56 Å². The lowest BCUT2D eigenvalue weighted by molar-refractivity contribution is 0.0696. The van der Waals surface area contributed by atoms with Gasteiger partial charge in [0.2, 0.25) is 0 Å². The van der Waals surface area contributed by atoms with Crippen LogP contribution in [0.2, 0.25) is 0 Å². The summed E-state index contributed by atoms with van der Waals surface area (Å²) in [6, 6.07) is 15.7. The van der Waals surface area contributed by atoms with E-state index in [-0.39, 0.29) is 5.41 Å². The van der Waals surface area contributed by atoms with Gasteiger partial charge in [-0.15, -0.1) is 0 Å². The van der Waals surface area contributed by atoms with Crippen LogP contribution in [-0.2, 0) is 11.8 Å². The van der Waals surface area contributed by atoms with Gasteiger partial charge in [0.15, 0.2) is 0 Å². The van der Waals surface area contributed by atoms with Crippen molar-refractivity contribution in [3.8, 4) is 0 Å². The van der Waals surface area contributed by atoms with E-state index in [1.54, 1.807) is 12.1 Å². The number of carbonyl (C=O) groups is 1. The number of carboxylic acid groups (broad SMARTS) is 1. The minimum Gasteiger partial charge on any atom is -0.478 e. The Bertz CT molecular complexity index is 624. The van der Waals surface area contributed by atoms with Crippen LogP contribution in [0, 0.1) is 0 Å². The van der Waals surface area contributed by atoms with Crippen molar-refractivity contribution in [3.63, 3.8) is 0 Å². The van der Waals surface area contributed by atoms with Crippen molar-refractivity contribution in [1.82, 2.24) is 0 Å². The zero-order valence-electron chi connectivity index (χ0n) is 12.9. The van der Waals surface area contributed by atoms with Gasteiger partial charge in [0.05, 0.1) is 5.56 Å². The topological polar surface area (TPSA) is 37.3 Å². The fraction of sp³-hybridized carbons (Fsp3) is 0.316. The first kappa shape index (κ1) is 15.3. The molecule has 0 amide bonds. The summed E-state index contributed by atoms with van der Waals surface area (Å²) in [5.74, 6) is -0.866. The monoisotopic (exact) mass is 282 g/mol. The zero-order valence-corrected chi connectivity index (χ0v) is 12.9. The molecule has 0 spiro atoms. The molecular formula is C19H22O2. The zero-order chi connectivity index (χ0) is 15.5. The predicted molar refractivity (Wildman–Crippen MR) is 86.0 cm³/mol. The summed E-state index contributed by atoms with van der Waals surface area (Å²) in [4.78, 5) is 11.2. The van der Waals surface area contributed by atoms with Crippen LogP contribution >= 0.6 is 0 Å². The van der Waals surface area contributed by atoms with E-state index in [0.717, 1.165) is 17.5 Å². The fourth-order valence-electron chi connectivity index (χ4n) is 2.38. The molecule has 0 aliphatic heterocycles. The van der Waals surface area contributed by atoms with Gasteiger partial charge in [-0.2, -0.15) is 0 Å². The van der Waals surface area contributed by atoms with Crippen molar-refractivity contribution in [1.29, 1.82) is 0 Å². The molecule has 0 bridgehead atoms. The number of benzene rings is 2. The highest BCUT2D eigenvalue weighted by molar-refractivity contribution is 5.89. The van der Waals surface area contributed by atoms with Crippen molar-refractivity contribution in [2.75, 3.05) is 0 Å². The second-order valence-electron chi connectivity index (χ2n) is 6.07. The lowest BCUT2D eigenvalue weighted by atomic mass is 9.82. The number of carboxylic acids is 1. The quantitative estimate of drug-likeness (QED) is 0.865. The van der Waals surface area contributed by atoms with Crippen LogP contribution in [0.4, 0.5) is 0 Å². The van der Waals surface area contributed by atoms with E-state index >= 15 is 0 Å². The highest BCUT2D eigenvalue weighted by atomic mass is 16.4.